The Labute approximate surface area is 248 Å². The minimum atomic E-state index is -3.31. The van der Waals surface area contributed by atoms with E-state index < -0.39 is 10.0 Å². The Morgan fingerprint density at radius 2 is 1.74 bits per heavy atom. The van der Waals surface area contributed by atoms with E-state index in [9.17, 15) is 13.2 Å². The molecule has 10 nitrogen and oxygen atoms in total. The van der Waals surface area contributed by atoms with Crippen LogP contribution in [-0.4, -0.2) is 68.5 Å². The van der Waals surface area contributed by atoms with Gasteiger partial charge < -0.3 is 19.5 Å². The number of nitrogens with one attached hydrogen (secondary N) is 2. The fraction of sp³-hybridized carbons (Fsp3) is 0.516. The molecule has 2 fully saturated rings. The van der Waals surface area contributed by atoms with Gasteiger partial charge in [0.05, 0.1) is 12.3 Å². The number of hydrogen-bond donors (Lipinski definition) is 2. The number of piperidine rings is 1. The summed E-state index contributed by atoms with van der Waals surface area (Å²) in [7, 11) is -3.31. The normalized spacial score (nSPS) is 18.0. The van der Waals surface area contributed by atoms with E-state index in [4.69, 9.17) is 9.26 Å². The first-order chi connectivity index (χ1) is 20.3. The Morgan fingerprint density at radius 1 is 1.02 bits per heavy atom. The topological polar surface area (TPSA) is 127 Å². The largest absolute Gasteiger partial charge is 0.381 e. The Kier molecular flexibility index (Phi) is 10.2. The number of carbonyl (C=O) groups is 1. The van der Waals surface area contributed by atoms with Crippen LogP contribution in [0.25, 0.3) is 0 Å². The average molecular weight is 596 g/mol. The maximum Gasteiger partial charge on any atom is 0.229 e. The summed E-state index contributed by atoms with van der Waals surface area (Å²) >= 11 is 0. The number of carbonyl (C=O) groups excluding carboxylic acids is 1. The SMILES string of the molecule is CS(=O)(=O)Nc1ccc(Cc2noc(C3CCN(CC[C@H](NC(=O)CC4CCOCC4)c4ccccc4)CC3)n2)cc1. The van der Waals surface area contributed by atoms with Gasteiger partial charge in [-0.1, -0.05) is 47.6 Å². The maximum absolute atomic E-state index is 12.9. The molecule has 3 heterocycles. The van der Waals surface area contributed by atoms with E-state index in [1.165, 1.54) is 0 Å². The lowest BCUT2D eigenvalue weighted by Gasteiger charge is -2.32. The summed E-state index contributed by atoms with van der Waals surface area (Å²) in [5, 5.41) is 7.51. The molecule has 3 aromatic rings. The Morgan fingerprint density at radius 3 is 2.43 bits per heavy atom. The molecule has 0 radical (unpaired) electrons. The highest BCUT2D eigenvalue weighted by atomic mass is 32.2. The molecule has 2 aliphatic rings. The average Bonchev–Trinajstić information content (AvgIpc) is 3.45. The van der Waals surface area contributed by atoms with Gasteiger partial charge in [-0.05, 0) is 74.4 Å². The van der Waals surface area contributed by atoms with Crippen LogP contribution in [0.1, 0.15) is 73.3 Å². The zero-order valence-corrected chi connectivity index (χ0v) is 25.0. The lowest BCUT2D eigenvalue weighted by atomic mass is 9.95. The number of anilines is 1. The summed E-state index contributed by atoms with van der Waals surface area (Å²) in [6.45, 7) is 4.29. The predicted octanol–water partition coefficient (Wildman–Crippen LogP) is 4.28. The number of amides is 1. The van der Waals surface area contributed by atoms with Gasteiger partial charge >= 0.3 is 0 Å². The number of sulfonamides is 1. The standard InChI is InChI=1S/C31H41N5O5S/c1-42(38,39)35-27-9-7-23(8-10-27)21-29-33-31(41-34-29)26-11-16-36(17-12-26)18-13-28(25-5-3-2-4-6-25)32-30(37)22-24-14-19-40-20-15-24/h2-10,24,26,28,35H,11-22H2,1H3,(H,32,37)/t28-/m0/s1. The second kappa shape index (κ2) is 14.3. The van der Waals surface area contributed by atoms with E-state index in [1.54, 1.807) is 12.1 Å². The minimum absolute atomic E-state index is 0.00835. The highest BCUT2D eigenvalue weighted by Gasteiger charge is 2.26. The number of hydrogen-bond acceptors (Lipinski definition) is 8. The third kappa shape index (κ3) is 9.11. The zero-order valence-electron chi connectivity index (χ0n) is 24.2. The highest BCUT2D eigenvalue weighted by molar-refractivity contribution is 7.92. The van der Waals surface area contributed by atoms with Crippen molar-refractivity contribution in [2.75, 3.05) is 43.8 Å². The van der Waals surface area contributed by atoms with E-state index in [0.717, 1.165) is 82.3 Å². The number of benzene rings is 2. The first-order valence-corrected chi connectivity index (χ1v) is 16.7. The lowest BCUT2D eigenvalue weighted by Crippen LogP contribution is -2.37. The van der Waals surface area contributed by atoms with Crippen LogP contribution < -0.4 is 10.0 Å². The van der Waals surface area contributed by atoms with Crippen molar-refractivity contribution in [2.24, 2.45) is 5.92 Å². The van der Waals surface area contributed by atoms with Crippen LogP contribution in [0, 0.1) is 5.92 Å². The number of nitrogens with zero attached hydrogens (tertiary/aromatic N) is 3. The summed E-state index contributed by atoms with van der Waals surface area (Å²) in [6, 6.07) is 17.4. The fourth-order valence-corrected chi connectivity index (χ4v) is 6.35. The van der Waals surface area contributed by atoms with Gasteiger partial charge in [-0.25, -0.2) is 8.42 Å². The summed E-state index contributed by atoms with van der Waals surface area (Å²) in [4.78, 5) is 20.0. The molecule has 5 rings (SSSR count). The maximum atomic E-state index is 12.9. The van der Waals surface area contributed by atoms with Crippen molar-refractivity contribution < 1.29 is 22.5 Å². The van der Waals surface area contributed by atoms with Crippen molar-refractivity contribution in [3.05, 3.63) is 77.4 Å². The molecule has 11 heteroatoms. The van der Waals surface area contributed by atoms with Gasteiger partial charge in [0, 0.05) is 44.2 Å². The molecule has 0 aliphatic carbocycles. The molecule has 42 heavy (non-hydrogen) atoms. The first-order valence-electron chi connectivity index (χ1n) is 14.8. The summed E-state index contributed by atoms with van der Waals surface area (Å²) < 4.78 is 36.4. The van der Waals surface area contributed by atoms with E-state index >= 15 is 0 Å². The molecule has 1 amide bonds. The van der Waals surface area contributed by atoms with Crippen molar-refractivity contribution in [3.8, 4) is 0 Å². The molecule has 0 unspecified atom stereocenters. The highest BCUT2D eigenvalue weighted by Crippen LogP contribution is 2.28. The van der Waals surface area contributed by atoms with E-state index in [-0.39, 0.29) is 17.9 Å². The second-order valence-electron chi connectivity index (χ2n) is 11.5. The molecule has 2 aliphatic heterocycles. The monoisotopic (exact) mass is 595 g/mol. The molecular formula is C31H41N5O5S. The molecule has 2 aromatic carbocycles. The van der Waals surface area contributed by atoms with Crippen molar-refractivity contribution in [1.29, 1.82) is 0 Å². The summed E-state index contributed by atoms with van der Waals surface area (Å²) in [5.74, 6) is 2.07. The Balaban J connectivity index is 1.09. The molecule has 0 bridgehead atoms. The summed E-state index contributed by atoms with van der Waals surface area (Å²) in [5.41, 5.74) is 2.64. The molecule has 226 valence electrons. The van der Waals surface area contributed by atoms with Crippen LogP contribution in [-0.2, 0) is 26.0 Å². The van der Waals surface area contributed by atoms with E-state index in [1.807, 2.05) is 30.3 Å². The van der Waals surface area contributed by atoms with Crippen LogP contribution in [0.2, 0.25) is 0 Å². The third-order valence-electron chi connectivity index (χ3n) is 8.13. The molecule has 0 spiro atoms. The molecule has 1 aromatic heterocycles. The molecule has 0 saturated carbocycles. The summed E-state index contributed by atoms with van der Waals surface area (Å²) in [6.07, 6.45) is 6.87. The van der Waals surface area contributed by atoms with Gasteiger partial charge in [0.1, 0.15) is 0 Å². The van der Waals surface area contributed by atoms with E-state index in [2.05, 4.69) is 37.2 Å². The van der Waals surface area contributed by atoms with Crippen LogP contribution in [0.15, 0.2) is 59.1 Å². The van der Waals surface area contributed by atoms with Crippen LogP contribution in [0.5, 0.6) is 0 Å². The van der Waals surface area contributed by atoms with Crippen LogP contribution in [0.4, 0.5) is 5.69 Å². The molecule has 1 atom stereocenters. The predicted molar refractivity (Wildman–Crippen MR) is 161 cm³/mol. The van der Waals surface area contributed by atoms with Gasteiger partial charge in [0.2, 0.25) is 21.8 Å². The second-order valence-corrected chi connectivity index (χ2v) is 13.2. The molecule has 2 N–H and O–H groups in total. The number of rotatable bonds is 12. The molecular weight excluding hydrogens is 554 g/mol. The number of aromatic nitrogens is 2. The van der Waals surface area contributed by atoms with Gasteiger partial charge in [-0.15, -0.1) is 0 Å². The lowest BCUT2D eigenvalue weighted by molar-refractivity contribution is -0.123. The van der Waals surface area contributed by atoms with Gasteiger partial charge in [0.15, 0.2) is 5.82 Å². The van der Waals surface area contributed by atoms with Crippen molar-refractivity contribution in [1.82, 2.24) is 20.4 Å². The van der Waals surface area contributed by atoms with E-state index in [0.29, 0.717) is 36.2 Å². The number of likely N-dealkylation sites (tertiary alicyclic amines) is 1. The van der Waals surface area contributed by atoms with Crippen molar-refractivity contribution >= 4 is 21.6 Å². The quantitative estimate of drug-likeness (QED) is 0.318. The zero-order chi connectivity index (χ0) is 29.4. The van der Waals surface area contributed by atoms with Crippen LogP contribution in [0.3, 0.4) is 0 Å². The van der Waals surface area contributed by atoms with Crippen LogP contribution >= 0.6 is 0 Å². The Bertz CT molecular complexity index is 1380. The van der Waals surface area contributed by atoms with Crippen molar-refractivity contribution in [2.45, 2.75) is 56.9 Å². The van der Waals surface area contributed by atoms with Gasteiger partial charge in [0.25, 0.3) is 0 Å². The third-order valence-corrected chi connectivity index (χ3v) is 8.73. The first kappa shape index (κ1) is 30.2. The number of ether oxygens (including phenoxy) is 1. The Hall–Kier alpha value is -3.28. The van der Waals surface area contributed by atoms with Crippen molar-refractivity contribution in [3.63, 3.8) is 0 Å². The smallest absolute Gasteiger partial charge is 0.229 e. The minimum Gasteiger partial charge on any atom is -0.381 e. The van der Waals surface area contributed by atoms with Gasteiger partial charge in [-0.3, -0.25) is 9.52 Å². The fourth-order valence-electron chi connectivity index (χ4n) is 5.78. The molecule has 2 saturated heterocycles. The van der Waals surface area contributed by atoms with Gasteiger partial charge in [-0.2, -0.15) is 4.98 Å².